The van der Waals surface area contributed by atoms with E-state index in [-0.39, 0.29) is 0 Å². The van der Waals surface area contributed by atoms with Crippen LogP contribution in [0.4, 0.5) is 0 Å². The zero-order valence-electron chi connectivity index (χ0n) is 11.8. The van der Waals surface area contributed by atoms with Gasteiger partial charge in [-0.15, -0.1) is 0 Å². The van der Waals surface area contributed by atoms with Crippen LogP contribution in [0.5, 0.6) is 0 Å². The van der Waals surface area contributed by atoms with Gasteiger partial charge in [0.05, 0.1) is 0 Å². The minimum absolute atomic E-state index is 0.398. The molecule has 1 aliphatic rings. The highest BCUT2D eigenvalue weighted by atomic mass is 15.2. The average Bonchev–Trinajstić information content (AvgIpc) is 2.15. The van der Waals surface area contributed by atoms with E-state index in [0.717, 1.165) is 19.0 Å². The van der Waals surface area contributed by atoms with Gasteiger partial charge in [0, 0.05) is 25.7 Å². The van der Waals surface area contributed by atoms with Crippen molar-refractivity contribution < 1.29 is 0 Å². The molecule has 0 amide bonds. The number of piperidine rings is 1. The van der Waals surface area contributed by atoms with Crippen LogP contribution in [0.15, 0.2) is 0 Å². The Bertz CT molecular complexity index is 195. The van der Waals surface area contributed by atoms with Crippen LogP contribution in [0.1, 0.15) is 47.5 Å². The zero-order valence-corrected chi connectivity index (χ0v) is 11.8. The molecule has 0 saturated carbocycles. The lowest BCUT2D eigenvalue weighted by Gasteiger charge is -2.36. The Hall–Kier alpha value is -0.0800. The molecule has 1 fully saturated rings. The molecule has 2 nitrogen and oxygen atoms in total. The van der Waals surface area contributed by atoms with Crippen molar-refractivity contribution >= 4 is 0 Å². The number of hydrogen-bond donors (Lipinski definition) is 1. The molecule has 96 valence electrons. The number of likely N-dealkylation sites (tertiary alicyclic amines) is 1. The first-order chi connectivity index (χ1) is 7.38. The maximum absolute atomic E-state index is 3.60. The Morgan fingerprint density at radius 2 is 2.06 bits per heavy atom. The summed E-state index contributed by atoms with van der Waals surface area (Å²) in [5.74, 6) is 0.888. The molecule has 1 aliphatic heterocycles. The van der Waals surface area contributed by atoms with Crippen molar-refractivity contribution in [2.24, 2.45) is 11.3 Å². The van der Waals surface area contributed by atoms with E-state index in [1.54, 1.807) is 0 Å². The minimum atomic E-state index is 0.398. The molecule has 0 aromatic heterocycles. The molecular formula is C14H30N2. The molecule has 0 aromatic carbocycles. The number of rotatable bonds is 4. The van der Waals surface area contributed by atoms with Crippen molar-refractivity contribution in [3.05, 3.63) is 0 Å². The first-order valence-corrected chi connectivity index (χ1v) is 6.83. The predicted molar refractivity (Wildman–Crippen MR) is 71.8 cm³/mol. The van der Waals surface area contributed by atoms with E-state index in [9.17, 15) is 0 Å². The molecule has 0 aromatic rings. The Morgan fingerprint density at radius 3 is 2.62 bits per heavy atom. The Kier molecular flexibility index (Phi) is 5.26. The summed E-state index contributed by atoms with van der Waals surface area (Å²) in [4.78, 5) is 2.64. The largest absolute Gasteiger partial charge is 0.315 e. The molecule has 1 rings (SSSR count). The van der Waals surface area contributed by atoms with Crippen molar-refractivity contribution in [2.45, 2.75) is 53.5 Å². The van der Waals surface area contributed by atoms with Crippen molar-refractivity contribution in [1.82, 2.24) is 10.2 Å². The van der Waals surface area contributed by atoms with Gasteiger partial charge >= 0.3 is 0 Å². The highest BCUT2D eigenvalue weighted by Crippen LogP contribution is 2.17. The Morgan fingerprint density at radius 1 is 1.38 bits per heavy atom. The molecule has 1 N–H and O–H groups in total. The van der Waals surface area contributed by atoms with Gasteiger partial charge in [-0.05, 0) is 37.6 Å². The lowest BCUT2D eigenvalue weighted by atomic mass is 9.96. The molecule has 2 heteroatoms. The summed E-state index contributed by atoms with van der Waals surface area (Å²) in [5, 5.41) is 3.60. The molecule has 0 radical (unpaired) electrons. The number of nitrogens with zero attached hydrogens (tertiary/aromatic N) is 1. The van der Waals surface area contributed by atoms with Crippen LogP contribution < -0.4 is 5.32 Å². The van der Waals surface area contributed by atoms with Gasteiger partial charge in [0.15, 0.2) is 0 Å². The number of hydrogen-bond acceptors (Lipinski definition) is 2. The second-order valence-corrected chi connectivity index (χ2v) is 6.78. The molecule has 0 spiro atoms. The molecule has 0 bridgehead atoms. The summed E-state index contributed by atoms with van der Waals surface area (Å²) in [7, 11) is 0. The quantitative estimate of drug-likeness (QED) is 0.793. The smallest absolute Gasteiger partial charge is 0.0192 e. The van der Waals surface area contributed by atoms with Crippen LogP contribution in [0.25, 0.3) is 0 Å². The maximum Gasteiger partial charge on any atom is 0.0192 e. The maximum atomic E-state index is 3.60. The monoisotopic (exact) mass is 226 g/mol. The second-order valence-electron chi connectivity index (χ2n) is 6.78. The fourth-order valence-corrected chi connectivity index (χ4v) is 2.41. The summed E-state index contributed by atoms with van der Waals surface area (Å²) < 4.78 is 0. The Labute approximate surface area is 102 Å². The fourth-order valence-electron chi connectivity index (χ4n) is 2.41. The minimum Gasteiger partial charge on any atom is -0.315 e. The van der Waals surface area contributed by atoms with Gasteiger partial charge in [0.2, 0.25) is 0 Å². The third-order valence-electron chi connectivity index (χ3n) is 3.41. The standard InChI is InChI=1S/C14H30N2/c1-12-7-6-8-16(10-12)13(2)9-15-11-14(3,4)5/h12-13,15H,6-11H2,1-5H3. The average molecular weight is 226 g/mol. The molecule has 0 aliphatic carbocycles. The van der Waals surface area contributed by atoms with Crippen LogP contribution in [0, 0.1) is 11.3 Å². The van der Waals surface area contributed by atoms with E-state index in [0.29, 0.717) is 11.5 Å². The lowest BCUT2D eigenvalue weighted by molar-refractivity contribution is 0.135. The summed E-state index contributed by atoms with van der Waals surface area (Å²) in [6.07, 6.45) is 2.80. The van der Waals surface area contributed by atoms with Gasteiger partial charge in [-0.1, -0.05) is 27.7 Å². The van der Waals surface area contributed by atoms with E-state index in [1.165, 1.54) is 25.9 Å². The van der Waals surface area contributed by atoms with E-state index >= 15 is 0 Å². The van der Waals surface area contributed by atoms with E-state index in [1.807, 2.05) is 0 Å². The van der Waals surface area contributed by atoms with Crippen molar-refractivity contribution in [1.29, 1.82) is 0 Å². The van der Waals surface area contributed by atoms with E-state index < -0.39 is 0 Å². The summed E-state index contributed by atoms with van der Waals surface area (Å²) in [6.45, 7) is 16.4. The normalized spacial score (nSPS) is 25.7. The summed E-state index contributed by atoms with van der Waals surface area (Å²) in [6, 6.07) is 0.685. The highest BCUT2D eigenvalue weighted by molar-refractivity contribution is 4.77. The predicted octanol–water partition coefficient (Wildman–Crippen LogP) is 2.74. The van der Waals surface area contributed by atoms with Crippen molar-refractivity contribution in [3.63, 3.8) is 0 Å². The number of nitrogens with one attached hydrogen (secondary N) is 1. The third-order valence-corrected chi connectivity index (χ3v) is 3.41. The summed E-state index contributed by atoms with van der Waals surface area (Å²) >= 11 is 0. The molecule has 2 atom stereocenters. The van der Waals surface area contributed by atoms with Gasteiger partial charge in [0.25, 0.3) is 0 Å². The van der Waals surface area contributed by atoms with Crippen LogP contribution in [0.2, 0.25) is 0 Å². The molecule has 1 saturated heterocycles. The van der Waals surface area contributed by atoms with Crippen molar-refractivity contribution in [2.75, 3.05) is 26.2 Å². The second kappa shape index (κ2) is 6.02. The SMILES string of the molecule is CC1CCCN(C(C)CNCC(C)(C)C)C1. The van der Waals surface area contributed by atoms with Gasteiger partial charge in [0.1, 0.15) is 0 Å². The van der Waals surface area contributed by atoms with E-state index in [2.05, 4.69) is 44.8 Å². The van der Waals surface area contributed by atoms with E-state index in [4.69, 9.17) is 0 Å². The molecule has 2 unspecified atom stereocenters. The van der Waals surface area contributed by atoms with Crippen LogP contribution >= 0.6 is 0 Å². The summed E-state index contributed by atoms with van der Waals surface area (Å²) in [5.41, 5.74) is 0.398. The molecule has 1 heterocycles. The Balaban J connectivity index is 2.21. The van der Waals surface area contributed by atoms with Gasteiger partial charge in [-0.25, -0.2) is 0 Å². The zero-order chi connectivity index (χ0) is 12.2. The van der Waals surface area contributed by atoms with Crippen LogP contribution in [-0.2, 0) is 0 Å². The van der Waals surface area contributed by atoms with Crippen LogP contribution in [-0.4, -0.2) is 37.1 Å². The first-order valence-electron chi connectivity index (χ1n) is 6.83. The third kappa shape index (κ3) is 5.31. The topological polar surface area (TPSA) is 15.3 Å². The van der Waals surface area contributed by atoms with Crippen molar-refractivity contribution in [3.8, 4) is 0 Å². The highest BCUT2D eigenvalue weighted by Gasteiger charge is 2.20. The first kappa shape index (κ1) is 14.0. The molecular weight excluding hydrogens is 196 g/mol. The van der Waals surface area contributed by atoms with Gasteiger partial charge < -0.3 is 5.32 Å². The van der Waals surface area contributed by atoms with Gasteiger partial charge in [-0.2, -0.15) is 0 Å². The van der Waals surface area contributed by atoms with Gasteiger partial charge in [-0.3, -0.25) is 4.90 Å². The fraction of sp³-hybridized carbons (Fsp3) is 1.00. The van der Waals surface area contributed by atoms with Crippen LogP contribution in [0.3, 0.4) is 0 Å². The molecule has 16 heavy (non-hydrogen) atoms. The lowest BCUT2D eigenvalue weighted by Crippen LogP contribution is -2.46.